The quantitative estimate of drug-likeness (QED) is 0.918. The molecular formula is C18H22N2O. The molecule has 0 spiro atoms. The number of fused-ring (bicyclic) bond motifs is 1. The fourth-order valence-corrected chi connectivity index (χ4v) is 3.26. The highest BCUT2D eigenvalue weighted by molar-refractivity contribution is 5.98. The number of amides is 1. The average Bonchev–Trinajstić information content (AvgIpc) is 2.53. The molecule has 0 radical (unpaired) electrons. The summed E-state index contributed by atoms with van der Waals surface area (Å²) in [5, 5.41) is 5.64. The molecule has 110 valence electrons. The molecule has 21 heavy (non-hydrogen) atoms. The topological polar surface area (TPSA) is 32.3 Å². The molecule has 3 rings (SSSR count). The van der Waals surface area contributed by atoms with Gasteiger partial charge in [-0.15, -0.1) is 0 Å². The normalized spacial score (nSPS) is 22.5. The average molecular weight is 282 g/mol. The molecule has 1 N–H and O–H groups in total. The summed E-state index contributed by atoms with van der Waals surface area (Å²) in [5.74, 6) is 0.648. The maximum atomic E-state index is 12.7. The molecule has 1 saturated heterocycles. The Morgan fingerprint density at radius 1 is 1.19 bits per heavy atom. The van der Waals surface area contributed by atoms with Crippen molar-refractivity contribution in [3.63, 3.8) is 0 Å². The summed E-state index contributed by atoms with van der Waals surface area (Å²) < 4.78 is 0. The number of carbonyl (C=O) groups excluding carboxylic acids is 1. The van der Waals surface area contributed by atoms with E-state index in [-0.39, 0.29) is 5.91 Å². The Bertz CT molecular complexity index is 652. The van der Waals surface area contributed by atoms with Crippen LogP contribution in [0.2, 0.25) is 0 Å². The fourth-order valence-electron chi connectivity index (χ4n) is 3.26. The molecule has 0 aromatic heterocycles. The van der Waals surface area contributed by atoms with Gasteiger partial charge in [-0.1, -0.05) is 37.3 Å². The van der Waals surface area contributed by atoms with Gasteiger partial charge in [0.25, 0.3) is 5.91 Å². The van der Waals surface area contributed by atoms with Gasteiger partial charge >= 0.3 is 0 Å². The SMILES string of the molecule is CNC1CCN(C(=O)c2ccc3ccccc3c2)CC1C. The minimum absolute atomic E-state index is 0.155. The highest BCUT2D eigenvalue weighted by Gasteiger charge is 2.28. The Hall–Kier alpha value is -1.87. The zero-order chi connectivity index (χ0) is 14.8. The Labute approximate surface area is 125 Å². The molecule has 0 bridgehead atoms. The van der Waals surface area contributed by atoms with Gasteiger partial charge in [0.15, 0.2) is 0 Å². The number of likely N-dealkylation sites (tertiary alicyclic amines) is 1. The summed E-state index contributed by atoms with van der Waals surface area (Å²) in [6.45, 7) is 3.87. The molecule has 1 amide bonds. The van der Waals surface area contributed by atoms with E-state index in [1.165, 1.54) is 5.39 Å². The van der Waals surface area contributed by atoms with Crippen LogP contribution in [0, 0.1) is 5.92 Å². The molecule has 0 saturated carbocycles. The van der Waals surface area contributed by atoms with E-state index in [4.69, 9.17) is 0 Å². The van der Waals surface area contributed by atoms with Gasteiger partial charge in [0.2, 0.25) is 0 Å². The van der Waals surface area contributed by atoms with Crippen molar-refractivity contribution in [1.82, 2.24) is 10.2 Å². The van der Waals surface area contributed by atoms with E-state index in [1.54, 1.807) is 0 Å². The lowest BCUT2D eigenvalue weighted by atomic mass is 9.93. The molecule has 2 aromatic rings. The number of hydrogen-bond donors (Lipinski definition) is 1. The van der Waals surface area contributed by atoms with Crippen LogP contribution in [0.4, 0.5) is 0 Å². The van der Waals surface area contributed by atoms with Crippen LogP contribution in [0.25, 0.3) is 10.8 Å². The smallest absolute Gasteiger partial charge is 0.253 e. The van der Waals surface area contributed by atoms with Gasteiger partial charge in [0.05, 0.1) is 0 Å². The van der Waals surface area contributed by atoms with E-state index in [0.717, 1.165) is 30.5 Å². The van der Waals surface area contributed by atoms with E-state index >= 15 is 0 Å². The third-order valence-corrected chi connectivity index (χ3v) is 4.56. The van der Waals surface area contributed by atoms with E-state index in [9.17, 15) is 4.79 Å². The van der Waals surface area contributed by atoms with Crippen LogP contribution in [-0.2, 0) is 0 Å². The van der Waals surface area contributed by atoms with Gasteiger partial charge < -0.3 is 10.2 Å². The first kappa shape index (κ1) is 14.1. The third-order valence-electron chi connectivity index (χ3n) is 4.56. The summed E-state index contributed by atoms with van der Waals surface area (Å²) in [6, 6.07) is 14.7. The van der Waals surface area contributed by atoms with Crippen molar-refractivity contribution in [2.45, 2.75) is 19.4 Å². The summed E-state index contributed by atoms with van der Waals surface area (Å²) in [7, 11) is 2.00. The molecule has 1 aliphatic heterocycles. The van der Waals surface area contributed by atoms with Crippen molar-refractivity contribution in [2.75, 3.05) is 20.1 Å². The highest BCUT2D eigenvalue weighted by Crippen LogP contribution is 2.21. The van der Waals surface area contributed by atoms with Gasteiger partial charge in [-0.25, -0.2) is 0 Å². The van der Waals surface area contributed by atoms with Gasteiger partial charge in [-0.2, -0.15) is 0 Å². The van der Waals surface area contributed by atoms with E-state index in [1.807, 2.05) is 42.3 Å². The van der Waals surface area contributed by atoms with Crippen LogP contribution < -0.4 is 5.32 Å². The molecule has 1 heterocycles. The highest BCUT2D eigenvalue weighted by atomic mass is 16.2. The van der Waals surface area contributed by atoms with Gasteiger partial charge in [0, 0.05) is 24.7 Å². The number of rotatable bonds is 2. The van der Waals surface area contributed by atoms with E-state index < -0.39 is 0 Å². The van der Waals surface area contributed by atoms with Crippen molar-refractivity contribution >= 4 is 16.7 Å². The minimum Gasteiger partial charge on any atom is -0.338 e. The lowest BCUT2D eigenvalue weighted by molar-refractivity contribution is 0.0649. The molecule has 1 aliphatic rings. The van der Waals surface area contributed by atoms with Crippen LogP contribution in [0.15, 0.2) is 42.5 Å². The first-order chi connectivity index (χ1) is 10.2. The summed E-state index contributed by atoms with van der Waals surface area (Å²) >= 11 is 0. The third kappa shape index (κ3) is 2.79. The number of benzene rings is 2. The molecular weight excluding hydrogens is 260 g/mol. The maximum Gasteiger partial charge on any atom is 0.253 e. The Morgan fingerprint density at radius 3 is 2.67 bits per heavy atom. The number of piperidine rings is 1. The van der Waals surface area contributed by atoms with Gasteiger partial charge in [-0.3, -0.25) is 4.79 Å². The van der Waals surface area contributed by atoms with Crippen molar-refractivity contribution in [3.05, 3.63) is 48.0 Å². The molecule has 3 heteroatoms. The van der Waals surface area contributed by atoms with Crippen molar-refractivity contribution in [1.29, 1.82) is 0 Å². The first-order valence-corrected chi connectivity index (χ1v) is 7.64. The summed E-state index contributed by atoms with van der Waals surface area (Å²) in [6.07, 6.45) is 1.02. The fraction of sp³-hybridized carbons (Fsp3) is 0.389. The predicted octanol–water partition coefficient (Wildman–Crippen LogP) is 2.91. The minimum atomic E-state index is 0.155. The number of nitrogens with one attached hydrogen (secondary N) is 1. The zero-order valence-corrected chi connectivity index (χ0v) is 12.7. The van der Waals surface area contributed by atoms with Gasteiger partial charge in [-0.05, 0) is 42.3 Å². The molecule has 3 nitrogen and oxygen atoms in total. The van der Waals surface area contributed by atoms with Crippen molar-refractivity contribution < 1.29 is 4.79 Å². The van der Waals surface area contributed by atoms with Crippen LogP contribution in [0.5, 0.6) is 0 Å². The lowest BCUT2D eigenvalue weighted by Gasteiger charge is -2.36. The predicted molar refractivity (Wildman–Crippen MR) is 86.5 cm³/mol. The van der Waals surface area contributed by atoms with Gasteiger partial charge in [0.1, 0.15) is 0 Å². The van der Waals surface area contributed by atoms with E-state index in [0.29, 0.717) is 12.0 Å². The Balaban J connectivity index is 1.80. The Kier molecular flexibility index (Phi) is 3.93. The molecule has 2 unspecified atom stereocenters. The second-order valence-electron chi connectivity index (χ2n) is 5.97. The van der Waals surface area contributed by atoms with E-state index in [2.05, 4.69) is 24.4 Å². The second-order valence-corrected chi connectivity index (χ2v) is 5.97. The van der Waals surface area contributed by atoms with Crippen molar-refractivity contribution in [2.24, 2.45) is 5.92 Å². The standard InChI is InChI=1S/C18H22N2O/c1-13-12-20(10-9-17(13)19-2)18(21)16-8-7-14-5-3-4-6-15(14)11-16/h3-8,11,13,17,19H,9-10,12H2,1-2H3. The largest absolute Gasteiger partial charge is 0.338 e. The lowest BCUT2D eigenvalue weighted by Crippen LogP contribution is -2.49. The second kappa shape index (κ2) is 5.86. The number of carbonyl (C=O) groups is 1. The first-order valence-electron chi connectivity index (χ1n) is 7.64. The van der Waals surface area contributed by atoms with Crippen molar-refractivity contribution in [3.8, 4) is 0 Å². The number of hydrogen-bond acceptors (Lipinski definition) is 2. The molecule has 2 atom stereocenters. The van der Waals surface area contributed by atoms with Crippen LogP contribution >= 0.6 is 0 Å². The summed E-state index contributed by atoms with van der Waals surface area (Å²) in [5.41, 5.74) is 0.795. The monoisotopic (exact) mass is 282 g/mol. The number of nitrogens with zero attached hydrogens (tertiary/aromatic N) is 1. The van der Waals surface area contributed by atoms with Crippen LogP contribution in [0.3, 0.4) is 0 Å². The maximum absolute atomic E-state index is 12.7. The zero-order valence-electron chi connectivity index (χ0n) is 12.7. The summed E-state index contributed by atoms with van der Waals surface area (Å²) in [4.78, 5) is 14.7. The molecule has 1 fully saturated rings. The molecule has 2 aromatic carbocycles. The van der Waals surface area contributed by atoms with Crippen LogP contribution in [0.1, 0.15) is 23.7 Å². The Morgan fingerprint density at radius 2 is 1.95 bits per heavy atom. The van der Waals surface area contributed by atoms with Crippen LogP contribution in [-0.4, -0.2) is 37.0 Å². The molecule has 0 aliphatic carbocycles.